The van der Waals surface area contributed by atoms with Crippen LogP contribution in [0.25, 0.3) is 11.0 Å². The number of hydrogen-bond acceptors (Lipinski definition) is 5. The maximum absolute atomic E-state index is 12.9. The molecule has 0 spiro atoms. The van der Waals surface area contributed by atoms with E-state index < -0.39 is 22.0 Å². The van der Waals surface area contributed by atoms with Crippen LogP contribution in [0.4, 0.5) is 0 Å². The Labute approximate surface area is 162 Å². The van der Waals surface area contributed by atoms with Crippen molar-refractivity contribution in [3.8, 4) is 0 Å². The number of nitrogens with one attached hydrogen (secondary N) is 2. The van der Waals surface area contributed by atoms with E-state index >= 15 is 0 Å². The van der Waals surface area contributed by atoms with Crippen LogP contribution in [0.1, 0.15) is 35.8 Å². The van der Waals surface area contributed by atoms with Crippen LogP contribution in [0.15, 0.2) is 57.8 Å². The van der Waals surface area contributed by atoms with Gasteiger partial charge in [-0.1, -0.05) is 30.3 Å². The highest BCUT2D eigenvalue weighted by atomic mass is 32.2. The van der Waals surface area contributed by atoms with Crippen LogP contribution in [-0.4, -0.2) is 19.5 Å². The van der Waals surface area contributed by atoms with Crippen LogP contribution in [0, 0.1) is 0 Å². The first kappa shape index (κ1) is 18.7. The van der Waals surface area contributed by atoms with Crippen molar-refractivity contribution in [3.63, 3.8) is 0 Å². The van der Waals surface area contributed by atoms with Crippen LogP contribution in [0.3, 0.4) is 0 Å². The van der Waals surface area contributed by atoms with Crippen molar-refractivity contribution >= 4 is 26.9 Å². The molecule has 0 saturated heterocycles. The Morgan fingerprint density at radius 2 is 1.82 bits per heavy atom. The molecule has 1 heterocycles. The summed E-state index contributed by atoms with van der Waals surface area (Å²) in [5.74, 6) is 0.0508. The molecule has 1 aromatic heterocycles. The van der Waals surface area contributed by atoms with Gasteiger partial charge in [-0.3, -0.25) is 10.0 Å². The maximum Gasteiger partial charge on any atom is 0.266 e. The molecule has 4 rings (SSSR count). The summed E-state index contributed by atoms with van der Waals surface area (Å²) < 4.78 is 34.1. The molecule has 1 atom stereocenters. The number of carbonyl (C=O) groups excluding carboxylic acids is 1. The molecule has 3 aromatic rings. The Bertz CT molecular complexity index is 1120. The zero-order chi connectivity index (χ0) is 19.7. The van der Waals surface area contributed by atoms with E-state index in [4.69, 9.17) is 9.62 Å². The highest BCUT2D eigenvalue weighted by Crippen LogP contribution is 2.33. The molecule has 1 unspecified atom stereocenters. The molecule has 0 saturated carbocycles. The lowest BCUT2D eigenvalue weighted by Gasteiger charge is -2.17. The van der Waals surface area contributed by atoms with Gasteiger partial charge < -0.3 is 4.42 Å². The third-order valence-electron chi connectivity index (χ3n) is 5.02. The van der Waals surface area contributed by atoms with Crippen molar-refractivity contribution in [2.45, 2.75) is 36.6 Å². The number of aryl methyl sites for hydroxylation is 2. The van der Waals surface area contributed by atoms with Gasteiger partial charge in [-0.25, -0.2) is 13.9 Å². The van der Waals surface area contributed by atoms with Gasteiger partial charge in [0.1, 0.15) is 17.4 Å². The number of benzene rings is 2. The summed E-state index contributed by atoms with van der Waals surface area (Å²) >= 11 is 0. The predicted molar refractivity (Wildman–Crippen MR) is 102 cm³/mol. The zero-order valence-corrected chi connectivity index (χ0v) is 15.8. The highest BCUT2D eigenvalue weighted by Gasteiger charge is 2.28. The molecule has 3 N–H and O–H groups in total. The van der Waals surface area contributed by atoms with Crippen LogP contribution < -0.4 is 10.2 Å². The number of furan rings is 1. The summed E-state index contributed by atoms with van der Waals surface area (Å²) in [6.07, 6.45) is 3.95. The van der Waals surface area contributed by atoms with E-state index in [2.05, 4.69) is 4.72 Å². The molecule has 0 radical (unpaired) electrons. The third kappa shape index (κ3) is 3.42. The minimum absolute atomic E-state index is 0.00207. The van der Waals surface area contributed by atoms with E-state index in [1.807, 2.05) is 0 Å². The minimum atomic E-state index is -4.04. The van der Waals surface area contributed by atoms with Gasteiger partial charge in [0.2, 0.25) is 10.0 Å². The summed E-state index contributed by atoms with van der Waals surface area (Å²) in [6, 6.07) is 11.8. The van der Waals surface area contributed by atoms with E-state index in [0.717, 1.165) is 42.4 Å². The second-order valence-corrected chi connectivity index (χ2v) is 8.52. The maximum atomic E-state index is 12.9. The van der Waals surface area contributed by atoms with Gasteiger partial charge in [0.05, 0.1) is 4.90 Å². The Balaban J connectivity index is 1.69. The van der Waals surface area contributed by atoms with E-state index in [9.17, 15) is 13.2 Å². The summed E-state index contributed by atoms with van der Waals surface area (Å²) in [6.45, 7) is 0. The van der Waals surface area contributed by atoms with Crippen LogP contribution in [0.2, 0.25) is 0 Å². The number of hydroxylamine groups is 1. The number of fused-ring (bicyclic) bond motifs is 3. The second-order valence-electron chi connectivity index (χ2n) is 6.81. The average Bonchev–Trinajstić information content (AvgIpc) is 3.10. The monoisotopic (exact) mass is 400 g/mol. The van der Waals surface area contributed by atoms with Crippen molar-refractivity contribution in [1.82, 2.24) is 10.2 Å². The molecule has 0 aliphatic heterocycles. The second kappa shape index (κ2) is 7.38. The van der Waals surface area contributed by atoms with Crippen molar-refractivity contribution in [1.29, 1.82) is 0 Å². The van der Waals surface area contributed by atoms with Crippen molar-refractivity contribution in [3.05, 3.63) is 65.4 Å². The molecular weight excluding hydrogens is 380 g/mol. The number of rotatable bonds is 5. The standard InChI is InChI=1S/C20H20N2O5S/c23-20(21-24)19(13-6-2-1-3-7-13)22-28(25,26)14-10-11-16-15-8-4-5-9-17(15)27-18(16)12-14/h1-3,6-7,10-12,19,22,24H,4-5,8-9H2,(H,21,23). The smallest absolute Gasteiger partial charge is 0.266 e. The predicted octanol–water partition coefficient (Wildman–Crippen LogP) is 2.84. The van der Waals surface area contributed by atoms with Gasteiger partial charge in [-0.05, 0) is 37.0 Å². The first-order valence-electron chi connectivity index (χ1n) is 9.05. The fourth-order valence-corrected chi connectivity index (χ4v) is 4.82. The van der Waals surface area contributed by atoms with Crippen LogP contribution >= 0.6 is 0 Å². The number of hydrogen-bond donors (Lipinski definition) is 3. The molecule has 7 nitrogen and oxygen atoms in total. The first-order chi connectivity index (χ1) is 13.5. The summed E-state index contributed by atoms with van der Waals surface area (Å²) in [4.78, 5) is 12.1. The van der Waals surface area contributed by atoms with Gasteiger partial charge in [-0.2, -0.15) is 4.72 Å². The Morgan fingerprint density at radius 1 is 1.07 bits per heavy atom. The Kier molecular flexibility index (Phi) is 4.92. The first-order valence-corrected chi connectivity index (χ1v) is 10.5. The molecule has 1 aliphatic carbocycles. The number of sulfonamides is 1. The molecule has 146 valence electrons. The van der Waals surface area contributed by atoms with E-state index in [-0.39, 0.29) is 4.90 Å². The summed E-state index contributed by atoms with van der Waals surface area (Å²) in [7, 11) is -4.04. The molecule has 2 aromatic carbocycles. The normalized spacial score (nSPS) is 15.2. The Hall–Kier alpha value is -2.68. The largest absolute Gasteiger partial charge is 0.461 e. The quantitative estimate of drug-likeness (QED) is 0.451. The average molecular weight is 400 g/mol. The van der Waals surface area contributed by atoms with Crippen molar-refractivity contribution in [2.75, 3.05) is 0 Å². The molecule has 0 fully saturated rings. The van der Waals surface area contributed by atoms with Crippen LogP contribution in [-0.2, 0) is 27.7 Å². The van der Waals surface area contributed by atoms with Crippen molar-refractivity contribution < 1.29 is 22.8 Å². The van der Waals surface area contributed by atoms with E-state index in [0.29, 0.717) is 11.1 Å². The molecule has 8 heteroatoms. The van der Waals surface area contributed by atoms with Crippen molar-refractivity contribution in [2.24, 2.45) is 0 Å². The lowest BCUT2D eigenvalue weighted by atomic mass is 9.96. The fourth-order valence-electron chi connectivity index (χ4n) is 3.62. The third-order valence-corrected chi connectivity index (χ3v) is 6.44. The molecular formula is C20H20N2O5S. The summed E-state index contributed by atoms with van der Waals surface area (Å²) in [5, 5.41) is 9.95. The lowest BCUT2D eigenvalue weighted by molar-refractivity contribution is -0.131. The SMILES string of the molecule is O=C(NO)C(NS(=O)(=O)c1ccc2c3c(oc2c1)CCCC3)c1ccccc1. The molecule has 1 amide bonds. The minimum Gasteiger partial charge on any atom is -0.461 e. The lowest BCUT2D eigenvalue weighted by Crippen LogP contribution is -2.39. The van der Waals surface area contributed by atoms with Gasteiger partial charge in [0, 0.05) is 23.4 Å². The van der Waals surface area contributed by atoms with Gasteiger partial charge in [0.15, 0.2) is 0 Å². The number of amides is 1. The molecule has 0 bridgehead atoms. The van der Waals surface area contributed by atoms with Gasteiger partial charge in [0.25, 0.3) is 5.91 Å². The molecule has 28 heavy (non-hydrogen) atoms. The van der Waals surface area contributed by atoms with E-state index in [1.54, 1.807) is 36.4 Å². The topological polar surface area (TPSA) is 109 Å². The Morgan fingerprint density at radius 3 is 2.57 bits per heavy atom. The highest BCUT2D eigenvalue weighted by molar-refractivity contribution is 7.89. The van der Waals surface area contributed by atoms with Gasteiger partial charge >= 0.3 is 0 Å². The van der Waals surface area contributed by atoms with E-state index in [1.165, 1.54) is 17.6 Å². The fraction of sp³-hybridized carbons (Fsp3) is 0.250. The number of carbonyl (C=O) groups is 1. The zero-order valence-electron chi connectivity index (χ0n) is 15.0. The summed E-state index contributed by atoms with van der Waals surface area (Å²) in [5.41, 5.74) is 3.60. The van der Waals surface area contributed by atoms with Gasteiger partial charge in [-0.15, -0.1) is 0 Å². The molecule has 1 aliphatic rings. The van der Waals surface area contributed by atoms with Crippen LogP contribution in [0.5, 0.6) is 0 Å².